The largest absolute Gasteiger partial charge is 0.309 e. The van der Waals surface area contributed by atoms with Gasteiger partial charge in [-0.2, -0.15) is 0 Å². The van der Waals surface area contributed by atoms with E-state index in [0.29, 0.717) is 0 Å². The Morgan fingerprint density at radius 2 is 1.09 bits per heavy atom. The van der Waals surface area contributed by atoms with Crippen LogP contribution >= 0.6 is 0 Å². The second kappa shape index (κ2) is 11.0. The van der Waals surface area contributed by atoms with Gasteiger partial charge in [-0.3, -0.25) is 0 Å². The van der Waals surface area contributed by atoms with Gasteiger partial charge in [0.15, 0.2) is 8.07 Å². The molecule has 1 aliphatic heterocycles. The Hall–Kier alpha value is -5.96. The fourth-order valence-corrected chi connectivity index (χ4v) is 15.6. The van der Waals surface area contributed by atoms with Crippen molar-refractivity contribution in [1.29, 1.82) is 0 Å². The standard InChI is InChI=1S/C52H41NSi/c1-32-26-33(2)28-37(27-32)53-46-25-22-36(52(3,4)5)31-43(46)44-29-34-21-24-42-49-35(20-23-41(48(34)49)50(44)53)30-45-40-18-12-13-19-47(40)54(51(42)45,38-14-8-6-9-15-38)39-16-10-7-11-17-39/h6-31H,1-5H3. The lowest BCUT2D eigenvalue weighted by Crippen LogP contribution is -2.73. The number of aromatic nitrogens is 1. The minimum atomic E-state index is -2.70. The Balaban J connectivity index is 1.34. The normalized spacial score (nSPS) is 13.8. The van der Waals surface area contributed by atoms with Gasteiger partial charge in [-0.25, -0.2) is 0 Å². The molecule has 0 radical (unpaired) electrons. The van der Waals surface area contributed by atoms with Crippen LogP contribution in [0, 0.1) is 13.8 Å². The lowest BCUT2D eigenvalue weighted by Gasteiger charge is -2.32. The van der Waals surface area contributed by atoms with E-state index in [4.69, 9.17) is 0 Å². The Bertz CT molecular complexity index is 3080. The van der Waals surface area contributed by atoms with E-state index in [1.807, 2.05) is 0 Å². The Morgan fingerprint density at radius 3 is 1.78 bits per heavy atom. The summed E-state index contributed by atoms with van der Waals surface area (Å²) in [5, 5.41) is 16.6. The maximum atomic E-state index is 2.55. The predicted octanol–water partition coefficient (Wildman–Crippen LogP) is 11.0. The molecule has 258 valence electrons. The molecule has 2 heteroatoms. The molecule has 1 nitrogen and oxygen atoms in total. The number of benzene rings is 9. The van der Waals surface area contributed by atoms with Crippen LogP contribution in [0.3, 0.4) is 0 Å². The fourth-order valence-electron chi connectivity index (χ4n) is 10.2. The van der Waals surface area contributed by atoms with Crippen molar-refractivity contribution in [3.63, 3.8) is 0 Å². The quantitative estimate of drug-likeness (QED) is 0.127. The molecule has 2 heterocycles. The molecule has 54 heavy (non-hydrogen) atoms. The summed E-state index contributed by atoms with van der Waals surface area (Å²) in [7, 11) is -2.70. The molecule has 0 saturated heterocycles. The third-order valence-corrected chi connectivity index (χ3v) is 17.3. The van der Waals surface area contributed by atoms with Crippen molar-refractivity contribution in [2.45, 2.75) is 40.0 Å². The number of aryl methyl sites for hydroxylation is 2. The average Bonchev–Trinajstić information content (AvgIpc) is 3.67. The highest BCUT2D eigenvalue weighted by Gasteiger charge is 2.49. The van der Waals surface area contributed by atoms with Crippen LogP contribution in [0.25, 0.3) is 70.9 Å². The Morgan fingerprint density at radius 1 is 0.481 bits per heavy atom. The highest BCUT2D eigenvalue weighted by Crippen LogP contribution is 2.45. The van der Waals surface area contributed by atoms with E-state index in [-0.39, 0.29) is 5.41 Å². The van der Waals surface area contributed by atoms with Crippen LogP contribution in [-0.2, 0) is 5.41 Å². The third kappa shape index (κ3) is 4.15. The van der Waals surface area contributed by atoms with Crippen LogP contribution in [0.5, 0.6) is 0 Å². The van der Waals surface area contributed by atoms with Crippen molar-refractivity contribution in [1.82, 2.24) is 4.57 Å². The zero-order chi connectivity index (χ0) is 36.5. The number of hydrogen-bond acceptors (Lipinski definition) is 0. The van der Waals surface area contributed by atoms with Crippen LogP contribution in [0.2, 0.25) is 0 Å². The van der Waals surface area contributed by atoms with Gasteiger partial charge in [0.2, 0.25) is 0 Å². The van der Waals surface area contributed by atoms with Crippen molar-refractivity contribution in [2.75, 3.05) is 0 Å². The van der Waals surface area contributed by atoms with E-state index in [1.165, 1.54) is 108 Å². The van der Waals surface area contributed by atoms with Crippen molar-refractivity contribution in [3.05, 3.63) is 174 Å². The first-order valence-corrected chi connectivity index (χ1v) is 21.3. The summed E-state index contributed by atoms with van der Waals surface area (Å²) in [6.07, 6.45) is 0. The van der Waals surface area contributed by atoms with Gasteiger partial charge in [0, 0.05) is 21.8 Å². The van der Waals surface area contributed by atoms with E-state index in [1.54, 1.807) is 0 Å². The molecular weight excluding hydrogens is 667 g/mol. The smallest absolute Gasteiger partial charge is 0.181 e. The Labute approximate surface area is 317 Å². The molecule has 0 spiro atoms. The molecule has 0 saturated carbocycles. The first kappa shape index (κ1) is 31.6. The topological polar surface area (TPSA) is 4.93 Å². The highest BCUT2D eigenvalue weighted by molar-refractivity contribution is 7.23. The zero-order valence-electron chi connectivity index (χ0n) is 31.5. The molecule has 11 rings (SSSR count). The molecule has 9 aromatic carbocycles. The molecule has 0 N–H and O–H groups in total. The molecule has 1 aromatic heterocycles. The van der Waals surface area contributed by atoms with Gasteiger partial charge in [-0.15, -0.1) is 0 Å². The van der Waals surface area contributed by atoms with Crippen LogP contribution in [0.1, 0.15) is 37.5 Å². The second-order valence-electron chi connectivity index (χ2n) is 16.7. The molecular formula is C52H41NSi. The summed E-state index contributed by atoms with van der Waals surface area (Å²) < 4.78 is 2.55. The molecule has 1 aliphatic rings. The fraction of sp³-hybridized carbons (Fsp3) is 0.115. The maximum absolute atomic E-state index is 2.70. The maximum Gasteiger partial charge on any atom is 0.181 e. The van der Waals surface area contributed by atoms with Gasteiger partial charge in [-0.05, 0) is 131 Å². The summed E-state index contributed by atoms with van der Waals surface area (Å²) in [6.45, 7) is 11.4. The van der Waals surface area contributed by atoms with Crippen molar-refractivity contribution in [3.8, 4) is 16.8 Å². The lowest BCUT2D eigenvalue weighted by atomic mass is 9.86. The van der Waals surface area contributed by atoms with Gasteiger partial charge in [0.25, 0.3) is 0 Å². The van der Waals surface area contributed by atoms with Gasteiger partial charge in [0.1, 0.15) is 0 Å². The van der Waals surface area contributed by atoms with E-state index < -0.39 is 8.07 Å². The zero-order valence-corrected chi connectivity index (χ0v) is 32.5. The molecule has 0 amide bonds. The Kier molecular flexibility index (Phi) is 6.45. The predicted molar refractivity (Wildman–Crippen MR) is 235 cm³/mol. The van der Waals surface area contributed by atoms with Gasteiger partial charge in [-0.1, -0.05) is 142 Å². The van der Waals surface area contributed by atoms with E-state index in [2.05, 4.69) is 197 Å². The summed E-state index contributed by atoms with van der Waals surface area (Å²) in [4.78, 5) is 0. The molecule has 0 bridgehead atoms. The molecule has 0 fully saturated rings. The number of hydrogen-bond donors (Lipinski definition) is 0. The SMILES string of the molecule is Cc1cc(C)cc(-n2c3ccc(C(C)(C)C)cc3c3cc4ccc5c6c(cc7ccc(c4c75)c32)-c2ccccc2[Si]6(c2ccccc2)c2ccccc2)c1. The number of rotatable bonds is 3. The van der Waals surface area contributed by atoms with E-state index >= 15 is 0 Å². The van der Waals surface area contributed by atoms with Crippen LogP contribution in [-0.4, -0.2) is 12.6 Å². The molecule has 0 atom stereocenters. The monoisotopic (exact) mass is 707 g/mol. The van der Waals surface area contributed by atoms with Gasteiger partial charge in [0.05, 0.1) is 11.0 Å². The second-order valence-corrected chi connectivity index (χ2v) is 20.4. The van der Waals surface area contributed by atoms with Crippen molar-refractivity contribution >= 4 is 82.9 Å². The minimum Gasteiger partial charge on any atom is -0.309 e. The first-order chi connectivity index (χ1) is 26.2. The highest BCUT2D eigenvalue weighted by atomic mass is 28.3. The summed E-state index contributed by atoms with van der Waals surface area (Å²) >= 11 is 0. The molecule has 10 aromatic rings. The lowest BCUT2D eigenvalue weighted by molar-refractivity contribution is 0.591. The third-order valence-electron chi connectivity index (χ3n) is 12.4. The average molecular weight is 708 g/mol. The molecule has 0 unspecified atom stereocenters. The summed E-state index contributed by atoms with van der Waals surface area (Å²) in [5.41, 5.74) is 10.5. The number of nitrogens with zero attached hydrogens (tertiary/aromatic N) is 1. The molecule has 0 aliphatic carbocycles. The van der Waals surface area contributed by atoms with E-state index in [9.17, 15) is 0 Å². The minimum absolute atomic E-state index is 0.0461. The van der Waals surface area contributed by atoms with Crippen molar-refractivity contribution < 1.29 is 0 Å². The van der Waals surface area contributed by atoms with Gasteiger partial charge < -0.3 is 4.57 Å². The van der Waals surface area contributed by atoms with Crippen LogP contribution < -0.4 is 20.7 Å². The first-order valence-electron chi connectivity index (χ1n) is 19.3. The van der Waals surface area contributed by atoms with E-state index in [0.717, 1.165) is 0 Å². The van der Waals surface area contributed by atoms with Crippen LogP contribution in [0.4, 0.5) is 0 Å². The van der Waals surface area contributed by atoms with Gasteiger partial charge >= 0.3 is 0 Å². The van der Waals surface area contributed by atoms with Crippen LogP contribution in [0.15, 0.2) is 158 Å². The summed E-state index contributed by atoms with van der Waals surface area (Å²) in [6, 6.07) is 61.0. The number of fused-ring (bicyclic) bond motifs is 8. The summed E-state index contributed by atoms with van der Waals surface area (Å²) in [5.74, 6) is 0. The van der Waals surface area contributed by atoms with Crippen molar-refractivity contribution in [2.24, 2.45) is 0 Å².